The van der Waals surface area contributed by atoms with Crippen LogP contribution in [0.4, 0.5) is 0 Å². The Morgan fingerprint density at radius 2 is 1.13 bits per heavy atom. The molecule has 4 aromatic heterocycles. The maximum absolute atomic E-state index is 5.61. The van der Waals surface area contributed by atoms with Crippen LogP contribution in [0.3, 0.4) is 0 Å². The summed E-state index contributed by atoms with van der Waals surface area (Å²) >= 11 is 0. The first-order valence-electron chi connectivity index (χ1n) is 9.60. The Hall–Kier alpha value is -4.46. The molecule has 0 aliphatic carbocycles. The smallest absolute Gasteiger partial charge is 0.182 e. The lowest BCUT2D eigenvalue weighted by atomic mass is 9.98. The number of nitrogens with zero attached hydrogens (tertiary/aromatic N) is 6. The minimum atomic E-state index is 0.656. The van der Waals surface area contributed by atoms with Crippen LogP contribution in [0.25, 0.3) is 44.7 Å². The van der Waals surface area contributed by atoms with Gasteiger partial charge in [0.25, 0.3) is 0 Å². The van der Waals surface area contributed by atoms with Gasteiger partial charge in [0.2, 0.25) is 0 Å². The molecule has 0 bridgehead atoms. The molecule has 0 unspecified atom stereocenters. The molecule has 0 radical (unpaired) electrons. The van der Waals surface area contributed by atoms with Crippen LogP contribution in [0.1, 0.15) is 11.1 Å². The van der Waals surface area contributed by atoms with Crippen LogP contribution in [0.15, 0.2) is 83.1 Å². The molecule has 6 rings (SSSR count). The van der Waals surface area contributed by atoms with Crippen molar-refractivity contribution in [2.75, 3.05) is 0 Å². The topological polar surface area (TPSA) is 104 Å². The van der Waals surface area contributed by atoms with E-state index in [4.69, 9.17) is 8.83 Å². The van der Waals surface area contributed by atoms with Crippen LogP contribution in [0.2, 0.25) is 0 Å². The number of hydrogen-bond donors (Lipinski definition) is 0. The van der Waals surface area contributed by atoms with Crippen LogP contribution >= 0.6 is 0 Å². The Balaban J connectivity index is 1.47. The molecule has 0 spiro atoms. The highest BCUT2D eigenvalue weighted by Crippen LogP contribution is 2.31. The van der Waals surface area contributed by atoms with Gasteiger partial charge in [-0.25, -0.2) is 29.9 Å². The average Bonchev–Trinajstić information content (AvgIpc) is 3.48. The molecule has 8 heteroatoms. The Bertz CT molecular complexity index is 1390. The van der Waals surface area contributed by atoms with E-state index in [1.165, 1.54) is 25.4 Å². The van der Waals surface area contributed by atoms with Gasteiger partial charge in [0, 0.05) is 23.5 Å². The highest BCUT2D eigenvalue weighted by Gasteiger charge is 2.15. The monoisotopic (exact) mass is 406 g/mol. The van der Waals surface area contributed by atoms with Gasteiger partial charge < -0.3 is 8.83 Å². The van der Waals surface area contributed by atoms with Crippen molar-refractivity contribution in [3.63, 3.8) is 0 Å². The predicted octanol–water partition coefficient (Wildman–Crippen LogP) is 4.47. The van der Waals surface area contributed by atoms with Crippen LogP contribution in [-0.2, 0) is 6.42 Å². The molecular weight excluding hydrogens is 392 g/mol. The summed E-state index contributed by atoms with van der Waals surface area (Å²) in [7, 11) is 0. The Labute approximate surface area is 175 Å². The van der Waals surface area contributed by atoms with Crippen LogP contribution in [0, 0.1) is 0 Å². The van der Waals surface area contributed by atoms with E-state index in [9.17, 15) is 0 Å². The maximum atomic E-state index is 5.61. The third-order valence-electron chi connectivity index (χ3n) is 5.12. The average molecular weight is 406 g/mol. The van der Waals surface area contributed by atoms with Crippen molar-refractivity contribution < 1.29 is 8.83 Å². The van der Waals surface area contributed by atoms with E-state index < -0.39 is 0 Å². The molecule has 31 heavy (non-hydrogen) atoms. The molecule has 0 atom stereocenters. The standard InChI is InChI=1S/C23H14N6O2/c1-3-24-10-26-18(1)16-6-14(8-20-22(16)28-12-30-20)5-15-7-17(19-2-4-25-11-27-19)23-21(9-15)31-13-29-23/h1-4,6-13H,5H2. The van der Waals surface area contributed by atoms with Gasteiger partial charge in [0.15, 0.2) is 24.0 Å². The SMILES string of the molecule is c1cc(-c2cc(Cc3cc(-c4ccncn4)c4ncoc4c3)cc3ocnc23)ncn1. The number of aromatic nitrogens is 6. The van der Waals surface area contributed by atoms with Crippen LogP contribution in [0.5, 0.6) is 0 Å². The second-order valence-corrected chi connectivity index (χ2v) is 7.05. The zero-order valence-electron chi connectivity index (χ0n) is 16.1. The molecule has 0 saturated carbocycles. The summed E-state index contributed by atoms with van der Waals surface area (Å²) in [4.78, 5) is 25.5. The fourth-order valence-corrected chi connectivity index (χ4v) is 3.78. The van der Waals surface area contributed by atoms with E-state index in [2.05, 4.69) is 42.0 Å². The first kappa shape index (κ1) is 17.4. The van der Waals surface area contributed by atoms with E-state index >= 15 is 0 Å². The fourth-order valence-electron chi connectivity index (χ4n) is 3.78. The molecule has 4 heterocycles. The second kappa shape index (κ2) is 7.10. The first-order chi connectivity index (χ1) is 15.3. The van der Waals surface area contributed by atoms with Gasteiger partial charge in [0.1, 0.15) is 23.7 Å². The summed E-state index contributed by atoms with van der Waals surface area (Å²) in [5.74, 6) is 0. The lowest BCUT2D eigenvalue weighted by Gasteiger charge is -2.08. The molecular formula is C23H14N6O2. The lowest BCUT2D eigenvalue weighted by Crippen LogP contribution is -1.94. The number of benzene rings is 2. The first-order valence-corrected chi connectivity index (χ1v) is 9.60. The Morgan fingerprint density at radius 1 is 0.613 bits per heavy atom. The number of fused-ring (bicyclic) bond motifs is 2. The molecule has 0 aliphatic heterocycles. The van der Waals surface area contributed by atoms with Crippen molar-refractivity contribution >= 4 is 22.2 Å². The molecule has 2 aromatic carbocycles. The van der Waals surface area contributed by atoms with E-state index in [1.54, 1.807) is 12.4 Å². The zero-order valence-corrected chi connectivity index (χ0v) is 16.1. The van der Waals surface area contributed by atoms with Crippen LogP contribution < -0.4 is 0 Å². The normalized spacial score (nSPS) is 11.4. The summed E-state index contributed by atoms with van der Waals surface area (Å²) in [6.45, 7) is 0. The summed E-state index contributed by atoms with van der Waals surface area (Å²) in [6, 6.07) is 11.9. The third-order valence-corrected chi connectivity index (χ3v) is 5.12. The molecule has 0 fully saturated rings. The van der Waals surface area contributed by atoms with Gasteiger partial charge in [-0.2, -0.15) is 0 Å². The highest BCUT2D eigenvalue weighted by atomic mass is 16.3. The summed E-state index contributed by atoms with van der Waals surface area (Å²) in [5.41, 5.74) is 8.48. The van der Waals surface area contributed by atoms with Crippen molar-refractivity contribution in [3.8, 4) is 22.5 Å². The fraction of sp³-hybridized carbons (Fsp3) is 0.0435. The van der Waals surface area contributed by atoms with Crippen molar-refractivity contribution in [2.24, 2.45) is 0 Å². The third kappa shape index (κ3) is 3.10. The van der Waals surface area contributed by atoms with Crippen molar-refractivity contribution in [1.29, 1.82) is 0 Å². The van der Waals surface area contributed by atoms with Gasteiger partial charge in [-0.05, 0) is 53.9 Å². The zero-order chi connectivity index (χ0) is 20.6. The quantitative estimate of drug-likeness (QED) is 0.422. The van der Waals surface area contributed by atoms with Crippen LogP contribution in [-0.4, -0.2) is 29.9 Å². The van der Waals surface area contributed by atoms with Crippen molar-refractivity contribution in [2.45, 2.75) is 6.42 Å². The maximum Gasteiger partial charge on any atom is 0.182 e. The number of rotatable bonds is 4. The van der Waals surface area contributed by atoms with Gasteiger partial charge in [-0.15, -0.1) is 0 Å². The van der Waals surface area contributed by atoms with Gasteiger partial charge in [-0.1, -0.05) is 0 Å². The summed E-state index contributed by atoms with van der Waals surface area (Å²) in [5, 5.41) is 0. The Morgan fingerprint density at radius 3 is 1.58 bits per heavy atom. The van der Waals surface area contributed by atoms with E-state index in [1.807, 2.05) is 24.3 Å². The van der Waals surface area contributed by atoms with Crippen molar-refractivity contribution in [3.05, 3.63) is 85.4 Å². The van der Waals surface area contributed by atoms with Gasteiger partial charge in [-0.3, -0.25) is 0 Å². The lowest BCUT2D eigenvalue weighted by molar-refractivity contribution is 0.601. The molecule has 0 amide bonds. The minimum Gasteiger partial charge on any atom is -0.443 e. The second-order valence-electron chi connectivity index (χ2n) is 7.05. The summed E-state index contributed by atoms with van der Waals surface area (Å²) in [6.07, 6.45) is 10.0. The van der Waals surface area contributed by atoms with Crippen molar-refractivity contribution in [1.82, 2.24) is 29.9 Å². The highest BCUT2D eigenvalue weighted by molar-refractivity contribution is 5.91. The molecule has 0 aliphatic rings. The van der Waals surface area contributed by atoms with Gasteiger partial charge in [0.05, 0.1) is 11.4 Å². The molecule has 8 nitrogen and oxygen atoms in total. The predicted molar refractivity (Wildman–Crippen MR) is 113 cm³/mol. The van der Waals surface area contributed by atoms with E-state index in [0.717, 1.165) is 44.7 Å². The molecule has 6 aromatic rings. The minimum absolute atomic E-state index is 0.656. The molecule has 0 N–H and O–H groups in total. The number of oxazole rings is 2. The summed E-state index contributed by atoms with van der Waals surface area (Å²) < 4.78 is 11.2. The van der Waals surface area contributed by atoms with Gasteiger partial charge >= 0.3 is 0 Å². The number of hydrogen-bond acceptors (Lipinski definition) is 8. The molecule has 0 saturated heterocycles. The Kier molecular flexibility index (Phi) is 3.99. The van der Waals surface area contributed by atoms with E-state index in [0.29, 0.717) is 17.6 Å². The van der Waals surface area contributed by atoms with E-state index in [-0.39, 0.29) is 0 Å². The molecule has 148 valence electrons. The largest absolute Gasteiger partial charge is 0.443 e.